The van der Waals surface area contributed by atoms with E-state index >= 15 is 0 Å². The highest BCUT2D eigenvalue weighted by Gasteiger charge is 2.29. The summed E-state index contributed by atoms with van der Waals surface area (Å²) in [5.41, 5.74) is 0. The maximum Gasteiger partial charge on any atom is 0.322 e. The number of hydrogen-bond donors (Lipinski definition) is 2. The first kappa shape index (κ1) is 12.6. The first-order valence-electron chi connectivity index (χ1n) is 6.71. The van der Waals surface area contributed by atoms with E-state index in [4.69, 9.17) is 9.15 Å². The minimum Gasteiger partial charge on any atom is -0.406 e. The number of anilines is 1. The number of aromatic nitrogens is 2. The van der Waals surface area contributed by atoms with Crippen molar-refractivity contribution >= 4 is 11.9 Å². The number of carbonyl (C=O) groups is 1. The Hall–Kier alpha value is -1.47. The minimum absolute atomic E-state index is 0.112. The molecule has 0 aliphatic carbocycles. The monoisotopic (exact) mass is 266 g/mol. The van der Waals surface area contributed by atoms with Crippen molar-refractivity contribution in [3.63, 3.8) is 0 Å². The first-order valence-corrected chi connectivity index (χ1v) is 6.71. The molecule has 2 N–H and O–H groups in total. The van der Waals surface area contributed by atoms with Gasteiger partial charge in [0.1, 0.15) is 0 Å². The van der Waals surface area contributed by atoms with Gasteiger partial charge < -0.3 is 14.5 Å². The molecule has 2 aliphatic heterocycles. The molecular formula is C12H18N4O3. The van der Waals surface area contributed by atoms with E-state index in [0.29, 0.717) is 12.5 Å². The molecule has 2 saturated heterocycles. The Morgan fingerprint density at radius 3 is 3.05 bits per heavy atom. The maximum atomic E-state index is 12.0. The highest BCUT2D eigenvalue weighted by atomic mass is 16.5. The summed E-state index contributed by atoms with van der Waals surface area (Å²) in [6.07, 6.45) is 2.96. The zero-order valence-corrected chi connectivity index (χ0v) is 10.9. The fourth-order valence-corrected chi connectivity index (χ4v) is 2.53. The second-order valence-electron chi connectivity index (χ2n) is 5.16. The van der Waals surface area contributed by atoms with Crippen molar-refractivity contribution in [2.45, 2.75) is 38.3 Å². The van der Waals surface area contributed by atoms with Gasteiger partial charge >= 0.3 is 6.01 Å². The Kier molecular flexibility index (Phi) is 3.48. The van der Waals surface area contributed by atoms with E-state index in [1.54, 1.807) is 0 Å². The molecule has 0 bridgehead atoms. The van der Waals surface area contributed by atoms with Crippen LogP contribution < -0.4 is 10.6 Å². The second-order valence-corrected chi connectivity index (χ2v) is 5.16. The van der Waals surface area contributed by atoms with Crippen LogP contribution in [0.5, 0.6) is 0 Å². The van der Waals surface area contributed by atoms with Crippen molar-refractivity contribution < 1.29 is 13.9 Å². The van der Waals surface area contributed by atoms with Crippen molar-refractivity contribution in [3.05, 3.63) is 5.89 Å². The predicted molar refractivity (Wildman–Crippen MR) is 66.4 cm³/mol. The van der Waals surface area contributed by atoms with Crippen LogP contribution in [0.15, 0.2) is 4.42 Å². The maximum absolute atomic E-state index is 12.0. The summed E-state index contributed by atoms with van der Waals surface area (Å²) >= 11 is 0. The molecule has 2 aliphatic rings. The van der Waals surface area contributed by atoms with Crippen molar-refractivity contribution in [1.29, 1.82) is 0 Å². The lowest BCUT2D eigenvalue weighted by Gasteiger charge is -2.06. The summed E-state index contributed by atoms with van der Waals surface area (Å²) in [6.45, 7) is 3.38. The first-order chi connectivity index (χ1) is 9.22. The lowest BCUT2D eigenvalue weighted by Crippen LogP contribution is -2.23. The van der Waals surface area contributed by atoms with E-state index < -0.39 is 0 Å². The van der Waals surface area contributed by atoms with Gasteiger partial charge in [-0.25, -0.2) is 0 Å². The highest BCUT2D eigenvalue weighted by molar-refractivity contribution is 5.90. The fraction of sp³-hybridized carbons (Fsp3) is 0.750. The third-order valence-electron chi connectivity index (χ3n) is 3.60. The molecule has 3 unspecified atom stereocenters. The highest BCUT2D eigenvalue weighted by Crippen LogP contribution is 2.24. The molecular weight excluding hydrogens is 248 g/mol. The molecule has 7 heteroatoms. The molecule has 2 fully saturated rings. The van der Waals surface area contributed by atoms with Gasteiger partial charge in [-0.05, 0) is 32.7 Å². The minimum atomic E-state index is -0.130. The number of hydrogen-bond acceptors (Lipinski definition) is 6. The van der Waals surface area contributed by atoms with Gasteiger partial charge in [0.15, 0.2) is 0 Å². The van der Waals surface area contributed by atoms with Crippen LogP contribution in [0.4, 0.5) is 6.01 Å². The smallest absolute Gasteiger partial charge is 0.322 e. The average Bonchev–Trinajstić information content (AvgIpc) is 3.07. The predicted octanol–water partition coefficient (Wildman–Crippen LogP) is 0.858. The topological polar surface area (TPSA) is 89.3 Å². The van der Waals surface area contributed by atoms with Crippen LogP contribution in [-0.4, -0.2) is 35.4 Å². The van der Waals surface area contributed by atoms with Crippen molar-refractivity contribution in [1.82, 2.24) is 15.5 Å². The molecule has 0 aromatic carbocycles. The molecule has 1 aromatic heterocycles. The van der Waals surface area contributed by atoms with Crippen LogP contribution in [0.1, 0.15) is 38.1 Å². The third kappa shape index (κ3) is 2.76. The van der Waals surface area contributed by atoms with Gasteiger partial charge in [0.2, 0.25) is 11.8 Å². The molecule has 104 valence electrons. The van der Waals surface area contributed by atoms with Gasteiger partial charge in [-0.1, -0.05) is 5.10 Å². The molecule has 0 saturated carbocycles. The average molecular weight is 266 g/mol. The zero-order valence-electron chi connectivity index (χ0n) is 10.9. The van der Waals surface area contributed by atoms with Gasteiger partial charge in [0, 0.05) is 0 Å². The third-order valence-corrected chi connectivity index (χ3v) is 3.60. The summed E-state index contributed by atoms with van der Waals surface area (Å²) in [4.78, 5) is 12.0. The van der Waals surface area contributed by atoms with Crippen LogP contribution in [0.2, 0.25) is 0 Å². The molecule has 1 amide bonds. The Bertz CT molecular complexity index is 456. The van der Waals surface area contributed by atoms with Gasteiger partial charge in [-0.2, -0.15) is 0 Å². The van der Waals surface area contributed by atoms with Crippen LogP contribution in [0.25, 0.3) is 0 Å². The van der Waals surface area contributed by atoms with Gasteiger partial charge in [-0.15, -0.1) is 5.10 Å². The Labute approximate surface area is 111 Å². The van der Waals surface area contributed by atoms with Gasteiger partial charge in [0.05, 0.1) is 24.7 Å². The lowest BCUT2D eigenvalue weighted by atomic mass is 10.1. The van der Waals surface area contributed by atoms with Crippen LogP contribution in [-0.2, 0) is 9.53 Å². The summed E-state index contributed by atoms with van der Waals surface area (Å²) in [5, 5.41) is 13.8. The Morgan fingerprint density at radius 2 is 2.37 bits per heavy atom. The molecule has 3 heterocycles. The quantitative estimate of drug-likeness (QED) is 0.843. The number of carbonyl (C=O) groups excluding carboxylic acids is 1. The standard InChI is InChI=1S/C12H18N4O3/c1-7-5-8(6-18-7)10(17)14-12-16-15-11(19-12)9-3-2-4-13-9/h7-9,13H,2-6H2,1H3,(H,14,16,17). The van der Waals surface area contributed by atoms with E-state index in [1.807, 2.05) is 6.92 Å². The van der Waals surface area contributed by atoms with E-state index in [2.05, 4.69) is 20.8 Å². The molecule has 0 radical (unpaired) electrons. The van der Waals surface area contributed by atoms with Crippen LogP contribution >= 0.6 is 0 Å². The number of ether oxygens (including phenoxy) is 1. The second kappa shape index (κ2) is 5.26. The summed E-state index contributed by atoms with van der Waals surface area (Å²) in [5.74, 6) is 0.303. The summed E-state index contributed by atoms with van der Waals surface area (Å²) in [6, 6.07) is 0.293. The normalized spacial score (nSPS) is 30.7. The van der Waals surface area contributed by atoms with Gasteiger partial charge in [0.25, 0.3) is 0 Å². The zero-order chi connectivity index (χ0) is 13.2. The Morgan fingerprint density at radius 1 is 1.47 bits per heavy atom. The van der Waals surface area contributed by atoms with E-state index in [1.165, 1.54) is 0 Å². The molecule has 0 spiro atoms. The van der Waals surface area contributed by atoms with Gasteiger partial charge in [-0.3, -0.25) is 10.1 Å². The Balaban J connectivity index is 1.59. The number of amides is 1. The SMILES string of the molecule is CC1CC(C(=O)Nc2nnc(C3CCCN3)o2)CO1. The van der Waals surface area contributed by atoms with Crippen molar-refractivity contribution in [2.75, 3.05) is 18.5 Å². The van der Waals surface area contributed by atoms with E-state index in [9.17, 15) is 4.79 Å². The van der Waals surface area contributed by atoms with Crippen LogP contribution in [0, 0.1) is 5.92 Å². The summed E-state index contributed by atoms with van der Waals surface area (Å²) < 4.78 is 10.8. The lowest BCUT2D eigenvalue weighted by molar-refractivity contribution is -0.119. The van der Waals surface area contributed by atoms with Crippen molar-refractivity contribution in [2.24, 2.45) is 5.92 Å². The van der Waals surface area contributed by atoms with E-state index in [0.717, 1.165) is 25.8 Å². The fourth-order valence-electron chi connectivity index (χ4n) is 2.53. The number of nitrogens with one attached hydrogen (secondary N) is 2. The number of nitrogens with zero attached hydrogens (tertiary/aromatic N) is 2. The summed E-state index contributed by atoms with van der Waals surface area (Å²) in [7, 11) is 0. The molecule has 19 heavy (non-hydrogen) atoms. The largest absolute Gasteiger partial charge is 0.406 e. The molecule has 1 aromatic rings. The van der Waals surface area contributed by atoms with E-state index in [-0.39, 0.29) is 30.0 Å². The number of rotatable bonds is 3. The molecule has 7 nitrogen and oxygen atoms in total. The molecule has 3 atom stereocenters. The van der Waals surface area contributed by atoms with Crippen molar-refractivity contribution in [3.8, 4) is 0 Å². The molecule has 3 rings (SSSR count). The van der Waals surface area contributed by atoms with Crippen LogP contribution in [0.3, 0.4) is 0 Å².